The second kappa shape index (κ2) is 6.09. The van der Waals surface area contributed by atoms with Gasteiger partial charge in [0.2, 0.25) is 0 Å². The normalized spacial score (nSPS) is 22.6. The van der Waals surface area contributed by atoms with Gasteiger partial charge in [0.15, 0.2) is 0 Å². The Bertz CT molecular complexity index is 410. The van der Waals surface area contributed by atoms with E-state index in [1.54, 1.807) is 5.56 Å². The lowest BCUT2D eigenvalue weighted by Crippen LogP contribution is -2.38. The number of aryl methyl sites for hydroxylation is 3. The van der Waals surface area contributed by atoms with Crippen molar-refractivity contribution >= 4 is 0 Å². The summed E-state index contributed by atoms with van der Waals surface area (Å²) in [5.74, 6) is 1.79. The Morgan fingerprint density at radius 1 is 1.05 bits per heavy atom. The first-order valence-electron chi connectivity index (χ1n) is 7.77. The largest absolute Gasteiger partial charge is 0.314 e. The van der Waals surface area contributed by atoms with Gasteiger partial charge in [-0.1, -0.05) is 31.5 Å². The number of hydrogen-bond donors (Lipinski definition) is 1. The molecule has 0 radical (unpaired) electrons. The van der Waals surface area contributed by atoms with Gasteiger partial charge in [-0.3, -0.25) is 0 Å². The van der Waals surface area contributed by atoms with Gasteiger partial charge in [0, 0.05) is 6.04 Å². The van der Waals surface area contributed by atoms with Crippen LogP contribution < -0.4 is 5.32 Å². The third-order valence-corrected chi connectivity index (χ3v) is 4.67. The third kappa shape index (κ3) is 3.60. The molecule has 1 nitrogen and oxygen atoms in total. The fourth-order valence-electron chi connectivity index (χ4n) is 3.36. The zero-order valence-electron chi connectivity index (χ0n) is 13.2. The summed E-state index contributed by atoms with van der Waals surface area (Å²) in [5, 5.41) is 3.60. The molecule has 0 bridgehead atoms. The lowest BCUT2D eigenvalue weighted by molar-refractivity contribution is 0.167. The predicted molar refractivity (Wildman–Crippen MR) is 83.7 cm³/mol. The van der Waals surface area contributed by atoms with Gasteiger partial charge in [0.25, 0.3) is 0 Å². The Morgan fingerprint density at radius 3 is 2.11 bits per heavy atom. The lowest BCUT2D eigenvalue weighted by Gasteiger charge is -2.38. The van der Waals surface area contributed by atoms with E-state index in [-0.39, 0.29) is 0 Å². The maximum absolute atomic E-state index is 3.60. The van der Waals surface area contributed by atoms with Crippen molar-refractivity contribution in [2.75, 3.05) is 6.54 Å². The van der Waals surface area contributed by atoms with Gasteiger partial charge >= 0.3 is 0 Å². The highest BCUT2D eigenvalue weighted by molar-refractivity contribution is 5.38. The molecule has 1 aromatic rings. The fraction of sp³-hybridized carbons (Fsp3) is 0.667. The van der Waals surface area contributed by atoms with Gasteiger partial charge in [-0.15, -0.1) is 0 Å². The highest BCUT2D eigenvalue weighted by atomic mass is 14.9. The maximum atomic E-state index is 3.60. The molecule has 106 valence electrons. The molecule has 2 unspecified atom stereocenters. The summed E-state index contributed by atoms with van der Waals surface area (Å²) in [6.07, 6.45) is 4.11. The minimum Gasteiger partial charge on any atom is -0.314 e. The van der Waals surface area contributed by atoms with E-state index < -0.39 is 0 Å². The minimum absolute atomic E-state index is 0.615. The number of rotatable bonds is 5. The van der Waals surface area contributed by atoms with Crippen molar-refractivity contribution in [1.82, 2.24) is 5.32 Å². The molecular formula is C18H29N. The SMILES string of the molecule is Cc1cc(C)c(CC2CCC2CNC(C)C)c(C)c1. The first-order valence-corrected chi connectivity index (χ1v) is 7.77. The topological polar surface area (TPSA) is 12.0 Å². The molecule has 1 N–H and O–H groups in total. The standard InChI is InChI=1S/C18H29N/c1-12(2)19-11-17-7-6-16(17)10-18-14(4)8-13(3)9-15(18)5/h8-9,12,16-17,19H,6-7,10-11H2,1-5H3. The summed E-state index contributed by atoms with van der Waals surface area (Å²) in [7, 11) is 0. The van der Waals surface area contributed by atoms with Gasteiger partial charge in [-0.05, 0) is 75.1 Å². The zero-order chi connectivity index (χ0) is 14.0. The van der Waals surface area contributed by atoms with Crippen molar-refractivity contribution in [2.24, 2.45) is 11.8 Å². The van der Waals surface area contributed by atoms with Crippen molar-refractivity contribution in [3.8, 4) is 0 Å². The van der Waals surface area contributed by atoms with E-state index >= 15 is 0 Å². The van der Waals surface area contributed by atoms with Crippen LogP contribution in [0.3, 0.4) is 0 Å². The molecule has 2 rings (SSSR count). The zero-order valence-corrected chi connectivity index (χ0v) is 13.2. The summed E-state index contributed by atoms with van der Waals surface area (Å²) < 4.78 is 0. The summed E-state index contributed by atoms with van der Waals surface area (Å²) in [6.45, 7) is 12.4. The van der Waals surface area contributed by atoms with Crippen LogP contribution >= 0.6 is 0 Å². The van der Waals surface area contributed by atoms with E-state index in [2.05, 4.69) is 52.1 Å². The Kier molecular flexibility index (Phi) is 4.67. The van der Waals surface area contributed by atoms with Crippen molar-refractivity contribution in [3.63, 3.8) is 0 Å². The van der Waals surface area contributed by atoms with E-state index in [0.29, 0.717) is 6.04 Å². The lowest BCUT2D eigenvalue weighted by atomic mass is 9.70. The maximum Gasteiger partial charge on any atom is 0.00104 e. The molecule has 1 aliphatic rings. The van der Waals surface area contributed by atoms with E-state index in [1.807, 2.05) is 0 Å². The Hall–Kier alpha value is -0.820. The average Bonchev–Trinajstić information content (AvgIpc) is 2.25. The second-order valence-corrected chi connectivity index (χ2v) is 6.74. The molecular weight excluding hydrogens is 230 g/mol. The van der Waals surface area contributed by atoms with Gasteiger partial charge in [-0.2, -0.15) is 0 Å². The highest BCUT2D eigenvalue weighted by Gasteiger charge is 2.31. The van der Waals surface area contributed by atoms with Crippen LogP contribution in [0.4, 0.5) is 0 Å². The van der Waals surface area contributed by atoms with Crippen molar-refractivity contribution in [3.05, 3.63) is 34.4 Å². The molecule has 0 spiro atoms. The summed E-state index contributed by atoms with van der Waals surface area (Å²) in [6, 6.07) is 5.29. The molecule has 0 aliphatic heterocycles. The molecule has 0 aromatic heterocycles. The smallest absolute Gasteiger partial charge is 0.00104 e. The fourth-order valence-corrected chi connectivity index (χ4v) is 3.36. The van der Waals surface area contributed by atoms with E-state index in [9.17, 15) is 0 Å². The molecule has 19 heavy (non-hydrogen) atoms. The third-order valence-electron chi connectivity index (χ3n) is 4.67. The summed E-state index contributed by atoms with van der Waals surface area (Å²) >= 11 is 0. The van der Waals surface area contributed by atoms with Gasteiger partial charge < -0.3 is 5.32 Å². The molecule has 0 heterocycles. The quantitative estimate of drug-likeness (QED) is 0.836. The van der Waals surface area contributed by atoms with Crippen LogP contribution in [0, 0.1) is 32.6 Å². The average molecular weight is 259 g/mol. The van der Waals surface area contributed by atoms with Crippen LogP contribution in [0.15, 0.2) is 12.1 Å². The van der Waals surface area contributed by atoms with Crippen molar-refractivity contribution in [2.45, 2.75) is 59.9 Å². The van der Waals surface area contributed by atoms with E-state index in [0.717, 1.165) is 11.8 Å². The van der Waals surface area contributed by atoms with Crippen LogP contribution in [-0.2, 0) is 6.42 Å². The molecule has 1 saturated carbocycles. The first kappa shape index (κ1) is 14.6. The Balaban J connectivity index is 1.98. The molecule has 1 fully saturated rings. The number of nitrogens with one attached hydrogen (secondary N) is 1. The molecule has 1 aromatic carbocycles. The number of hydrogen-bond acceptors (Lipinski definition) is 1. The Labute approximate surface area is 118 Å². The van der Waals surface area contributed by atoms with Gasteiger partial charge in [0.05, 0.1) is 0 Å². The van der Waals surface area contributed by atoms with Gasteiger partial charge in [-0.25, -0.2) is 0 Å². The molecule has 1 heteroatoms. The van der Waals surface area contributed by atoms with Gasteiger partial charge in [0.1, 0.15) is 0 Å². The summed E-state index contributed by atoms with van der Waals surface area (Å²) in [4.78, 5) is 0. The van der Waals surface area contributed by atoms with Crippen LogP contribution in [0.2, 0.25) is 0 Å². The van der Waals surface area contributed by atoms with E-state index in [4.69, 9.17) is 0 Å². The van der Waals surface area contributed by atoms with Crippen LogP contribution in [0.25, 0.3) is 0 Å². The molecule has 0 amide bonds. The van der Waals surface area contributed by atoms with Crippen LogP contribution in [-0.4, -0.2) is 12.6 Å². The Morgan fingerprint density at radius 2 is 1.63 bits per heavy atom. The second-order valence-electron chi connectivity index (χ2n) is 6.74. The number of benzene rings is 1. The van der Waals surface area contributed by atoms with Crippen LogP contribution in [0.5, 0.6) is 0 Å². The molecule has 1 aliphatic carbocycles. The predicted octanol–water partition coefficient (Wildman–Crippen LogP) is 4.18. The van der Waals surface area contributed by atoms with Crippen LogP contribution in [0.1, 0.15) is 48.9 Å². The monoisotopic (exact) mass is 259 g/mol. The minimum atomic E-state index is 0.615. The molecule has 0 saturated heterocycles. The highest BCUT2D eigenvalue weighted by Crippen LogP contribution is 2.37. The van der Waals surface area contributed by atoms with Crippen molar-refractivity contribution < 1.29 is 0 Å². The van der Waals surface area contributed by atoms with Crippen molar-refractivity contribution in [1.29, 1.82) is 0 Å². The molecule has 2 atom stereocenters. The summed E-state index contributed by atoms with van der Waals surface area (Å²) in [5.41, 5.74) is 5.97. The first-order chi connectivity index (χ1) is 8.97. The van der Waals surface area contributed by atoms with E-state index in [1.165, 1.54) is 42.5 Å².